The molecule has 1 N–H and O–H groups in total. The highest BCUT2D eigenvalue weighted by Crippen LogP contribution is 2.13. The molecule has 1 aliphatic heterocycles. The predicted octanol–water partition coefficient (Wildman–Crippen LogP) is 1.96. The standard InChI is InChI=1S/C19H27N3OS/c1-3-17-5-7-18(8-6-17)20-19-22(16(2)15-24-19)10-4-9-21-11-13-23-14-12-21/h5-8,15H,3-4,9-14H2,1-2H3/p+1. The molecule has 0 spiro atoms. The Kier molecular flexibility index (Phi) is 6.24. The van der Waals surface area contributed by atoms with Crippen LogP contribution in [0, 0.1) is 6.92 Å². The number of benzene rings is 1. The summed E-state index contributed by atoms with van der Waals surface area (Å²) in [6.45, 7) is 10.7. The Bertz CT molecular complexity index is 696. The van der Waals surface area contributed by atoms with Gasteiger partial charge in [0.25, 0.3) is 0 Å². The van der Waals surface area contributed by atoms with Crippen molar-refractivity contribution in [2.45, 2.75) is 33.2 Å². The maximum absolute atomic E-state index is 5.43. The zero-order chi connectivity index (χ0) is 16.8. The van der Waals surface area contributed by atoms with Gasteiger partial charge in [0.15, 0.2) is 4.80 Å². The lowest BCUT2D eigenvalue weighted by atomic mass is 10.2. The third-order valence-corrected chi connectivity index (χ3v) is 5.65. The number of nitrogens with zero attached hydrogens (tertiary/aromatic N) is 2. The van der Waals surface area contributed by atoms with Gasteiger partial charge in [0.05, 0.1) is 25.4 Å². The lowest BCUT2D eigenvalue weighted by Gasteiger charge is -2.23. The molecule has 0 unspecified atom stereocenters. The summed E-state index contributed by atoms with van der Waals surface area (Å²) in [6, 6.07) is 8.59. The number of ether oxygens (including phenoxy) is 1. The molecule has 0 saturated carbocycles. The number of aryl methyl sites for hydroxylation is 2. The molecule has 0 bridgehead atoms. The van der Waals surface area contributed by atoms with E-state index in [4.69, 9.17) is 9.73 Å². The van der Waals surface area contributed by atoms with Crippen LogP contribution in [0.15, 0.2) is 34.6 Å². The van der Waals surface area contributed by atoms with Crippen molar-refractivity contribution in [3.63, 3.8) is 0 Å². The number of hydrogen-bond acceptors (Lipinski definition) is 3. The van der Waals surface area contributed by atoms with E-state index in [0.29, 0.717) is 0 Å². The van der Waals surface area contributed by atoms with E-state index in [1.165, 1.54) is 24.2 Å². The van der Waals surface area contributed by atoms with Gasteiger partial charge in [-0.1, -0.05) is 19.1 Å². The summed E-state index contributed by atoms with van der Waals surface area (Å²) in [7, 11) is 0. The van der Waals surface area contributed by atoms with Crippen molar-refractivity contribution < 1.29 is 9.64 Å². The molecule has 0 aliphatic carbocycles. The van der Waals surface area contributed by atoms with Crippen LogP contribution in [0.5, 0.6) is 0 Å². The van der Waals surface area contributed by atoms with E-state index in [-0.39, 0.29) is 0 Å². The summed E-state index contributed by atoms with van der Waals surface area (Å²) >= 11 is 1.74. The quantitative estimate of drug-likeness (QED) is 0.852. The van der Waals surface area contributed by atoms with Crippen molar-refractivity contribution in [3.8, 4) is 0 Å². The highest BCUT2D eigenvalue weighted by molar-refractivity contribution is 7.07. The number of thiazole rings is 1. The number of quaternary nitrogens is 1. The third-order valence-electron chi connectivity index (χ3n) is 4.67. The second-order valence-electron chi connectivity index (χ2n) is 6.41. The van der Waals surface area contributed by atoms with Gasteiger partial charge in [-0.25, -0.2) is 4.99 Å². The number of rotatable bonds is 6. The first kappa shape index (κ1) is 17.4. The zero-order valence-electron chi connectivity index (χ0n) is 14.8. The normalized spacial score (nSPS) is 16.7. The Hall–Kier alpha value is -1.43. The molecule has 0 radical (unpaired) electrons. The summed E-state index contributed by atoms with van der Waals surface area (Å²) < 4.78 is 7.79. The highest BCUT2D eigenvalue weighted by atomic mass is 32.1. The molecule has 3 rings (SSSR count). The first-order valence-corrected chi connectivity index (χ1v) is 9.84. The average molecular weight is 347 g/mol. The summed E-state index contributed by atoms with van der Waals surface area (Å²) in [5, 5.41) is 2.21. The smallest absolute Gasteiger partial charge is 0.190 e. The first-order valence-electron chi connectivity index (χ1n) is 8.96. The van der Waals surface area contributed by atoms with Crippen LogP contribution in [0.3, 0.4) is 0 Å². The molecule has 1 aliphatic rings. The van der Waals surface area contributed by atoms with E-state index in [1.807, 2.05) is 0 Å². The fourth-order valence-electron chi connectivity index (χ4n) is 3.09. The summed E-state index contributed by atoms with van der Waals surface area (Å²) in [5.74, 6) is 0. The molecule has 0 amide bonds. The number of hydrogen-bond donors (Lipinski definition) is 1. The third kappa shape index (κ3) is 4.56. The van der Waals surface area contributed by atoms with E-state index in [9.17, 15) is 0 Å². The lowest BCUT2D eigenvalue weighted by Crippen LogP contribution is -3.14. The summed E-state index contributed by atoms with van der Waals surface area (Å²) in [5.41, 5.74) is 3.71. The monoisotopic (exact) mass is 346 g/mol. The van der Waals surface area contributed by atoms with E-state index >= 15 is 0 Å². The molecule has 2 aromatic rings. The molecule has 5 heteroatoms. The van der Waals surface area contributed by atoms with Crippen molar-refractivity contribution in [2.24, 2.45) is 4.99 Å². The maximum Gasteiger partial charge on any atom is 0.190 e. The zero-order valence-corrected chi connectivity index (χ0v) is 15.6. The van der Waals surface area contributed by atoms with Gasteiger partial charge in [-0.05, 0) is 31.0 Å². The van der Waals surface area contributed by atoms with Crippen LogP contribution in [-0.4, -0.2) is 37.4 Å². The second-order valence-corrected chi connectivity index (χ2v) is 7.25. The summed E-state index contributed by atoms with van der Waals surface area (Å²) in [4.78, 5) is 7.63. The Labute approximate surface area is 148 Å². The van der Waals surface area contributed by atoms with Gasteiger partial charge in [-0.2, -0.15) is 0 Å². The molecular formula is C19H28N3OS+. The van der Waals surface area contributed by atoms with Crippen LogP contribution >= 0.6 is 11.3 Å². The maximum atomic E-state index is 5.43. The summed E-state index contributed by atoms with van der Waals surface area (Å²) in [6.07, 6.45) is 2.26. The molecule has 24 heavy (non-hydrogen) atoms. The molecule has 1 fully saturated rings. The van der Waals surface area contributed by atoms with Crippen molar-refractivity contribution in [3.05, 3.63) is 45.7 Å². The fourth-order valence-corrected chi connectivity index (χ4v) is 4.01. The second kappa shape index (κ2) is 8.60. The Morgan fingerprint density at radius 2 is 1.96 bits per heavy atom. The molecule has 2 heterocycles. The van der Waals surface area contributed by atoms with E-state index in [2.05, 4.69) is 48.1 Å². The van der Waals surface area contributed by atoms with Gasteiger partial charge in [-0.3, -0.25) is 0 Å². The lowest BCUT2D eigenvalue weighted by molar-refractivity contribution is -0.908. The van der Waals surface area contributed by atoms with Gasteiger partial charge < -0.3 is 14.2 Å². The fraction of sp³-hybridized carbons (Fsp3) is 0.526. The van der Waals surface area contributed by atoms with E-state index in [1.54, 1.807) is 16.2 Å². The van der Waals surface area contributed by atoms with Crippen LogP contribution in [0.1, 0.15) is 24.6 Å². The Balaban J connectivity index is 1.67. The van der Waals surface area contributed by atoms with Gasteiger partial charge in [0, 0.05) is 24.0 Å². The molecular weight excluding hydrogens is 318 g/mol. The average Bonchev–Trinajstić information content (AvgIpc) is 2.97. The molecule has 0 atom stereocenters. The minimum Gasteiger partial charge on any atom is -0.370 e. The van der Waals surface area contributed by atoms with Crippen LogP contribution in [0.25, 0.3) is 0 Å². The van der Waals surface area contributed by atoms with Crippen LogP contribution < -0.4 is 9.70 Å². The van der Waals surface area contributed by atoms with Crippen LogP contribution in [-0.2, 0) is 17.7 Å². The number of morpholine rings is 1. The molecule has 1 aromatic carbocycles. The minimum absolute atomic E-state index is 0.911. The van der Waals surface area contributed by atoms with Gasteiger partial charge >= 0.3 is 0 Å². The molecule has 4 nitrogen and oxygen atoms in total. The van der Waals surface area contributed by atoms with Crippen molar-refractivity contribution in [2.75, 3.05) is 32.8 Å². The van der Waals surface area contributed by atoms with Crippen molar-refractivity contribution in [1.82, 2.24) is 4.57 Å². The Morgan fingerprint density at radius 3 is 2.67 bits per heavy atom. The Morgan fingerprint density at radius 1 is 1.21 bits per heavy atom. The van der Waals surface area contributed by atoms with E-state index in [0.717, 1.165) is 49.8 Å². The van der Waals surface area contributed by atoms with Crippen LogP contribution in [0.2, 0.25) is 0 Å². The number of aromatic nitrogens is 1. The van der Waals surface area contributed by atoms with Crippen molar-refractivity contribution >= 4 is 17.0 Å². The molecule has 130 valence electrons. The van der Waals surface area contributed by atoms with Gasteiger partial charge in [0.2, 0.25) is 0 Å². The highest BCUT2D eigenvalue weighted by Gasteiger charge is 2.13. The molecule has 1 saturated heterocycles. The van der Waals surface area contributed by atoms with E-state index < -0.39 is 0 Å². The SMILES string of the molecule is CCc1ccc(N=c2scc(C)n2CCC[NH+]2CCOCC2)cc1. The molecule has 1 aromatic heterocycles. The predicted molar refractivity (Wildman–Crippen MR) is 99.1 cm³/mol. The van der Waals surface area contributed by atoms with Gasteiger partial charge in [0.1, 0.15) is 13.1 Å². The largest absolute Gasteiger partial charge is 0.370 e. The van der Waals surface area contributed by atoms with Crippen molar-refractivity contribution in [1.29, 1.82) is 0 Å². The van der Waals surface area contributed by atoms with Gasteiger partial charge in [-0.15, -0.1) is 11.3 Å². The number of nitrogens with one attached hydrogen (secondary N) is 1. The first-order chi connectivity index (χ1) is 11.8. The topological polar surface area (TPSA) is 31.0 Å². The minimum atomic E-state index is 0.911. The van der Waals surface area contributed by atoms with Crippen LogP contribution in [0.4, 0.5) is 5.69 Å².